The number of fused-ring (bicyclic) bond motifs is 4. The number of nitrogens with zero attached hydrogens (tertiary/aromatic N) is 1. The molecular weight excluding hydrogens is 370 g/mol. The summed E-state index contributed by atoms with van der Waals surface area (Å²) in [5.41, 5.74) is 0.198. The third-order valence-electron chi connectivity index (χ3n) is 4.30. The van der Waals surface area contributed by atoms with Crippen molar-refractivity contribution in [3.05, 3.63) is 46.1 Å². The average molecular weight is 383 g/mol. The Morgan fingerprint density at radius 3 is 2.83 bits per heavy atom. The first-order valence-corrected chi connectivity index (χ1v) is 7.88. The highest BCUT2D eigenvalue weighted by Crippen LogP contribution is 2.53. The molecule has 1 saturated heterocycles. The third-order valence-corrected chi connectivity index (χ3v) is 4.74. The van der Waals surface area contributed by atoms with E-state index in [-0.39, 0.29) is 6.42 Å². The summed E-state index contributed by atoms with van der Waals surface area (Å²) >= 11 is 3.36. The van der Waals surface area contributed by atoms with Crippen LogP contribution in [0.3, 0.4) is 0 Å². The highest BCUT2D eigenvalue weighted by molar-refractivity contribution is 9.10. The van der Waals surface area contributed by atoms with Gasteiger partial charge in [0.05, 0.1) is 19.2 Å². The van der Waals surface area contributed by atoms with Gasteiger partial charge in [-0.2, -0.15) is 0 Å². The van der Waals surface area contributed by atoms with Crippen LogP contribution in [0, 0.1) is 0 Å². The zero-order valence-corrected chi connectivity index (χ0v) is 13.8. The van der Waals surface area contributed by atoms with Crippen LogP contribution in [0.25, 0.3) is 0 Å². The Hall–Kier alpha value is -1.73. The van der Waals surface area contributed by atoms with Gasteiger partial charge in [-0.1, -0.05) is 0 Å². The fourth-order valence-corrected chi connectivity index (χ4v) is 3.63. The molecule has 0 amide bonds. The normalized spacial score (nSPS) is 24.0. The Morgan fingerprint density at radius 2 is 2.13 bits per heavy atom. The van der Waals surface area contributed by atoms with E-state index in [1.165, 1.54) is 0 Å². The lowest BCUT2D eigenvalue weighted by Gasteiger charge is -2.36. The minimum atomic E-state index is -2.81. The predicted octanol–water partition coefficient (Wildman–Crippen LogP) is 3.83. The molecule has 1 unspecified atom stereocenters. The first kappa shape index (κ1) is 14.8. The number of pyridine rings is 1. The van der Waals surface area contributed by atoms with Gasteiger partial charge in [0.1, 0.15) is 11.5 Å². The van der Waals surface area contributed by atoms with Gasteiger partial charge in [0, 0.05) is 28.2 Å². The topological polar surface area (TPSA) is 43.4 Å². The average Bonchev–Trinajstić information content (AvgIpc) is 2.85. The van der Waals surface area contributed by atoms with Crippen LogP contribution in [0.1, 0.15) is 17.5 Å². The van der Waals surface area contributed by atoms with Gasteiger partial charge in [0.25, 0.3) is 5.92 Å². The van der Waals surface area contributed by atoms with Crippen molar-refractivity contribution in [1.82, 2.24) is 10.3 Å². The Morgan fingerprint density at radius 1 is 1.30 bits per heavy atom. The maximum Gasteiger partial charge on any atom is 0.262 e. The van der Waals surface area contributed by atoms with Gasteiger partial charge in [-0.25, -0.2) is 13.8 Å². The van der Waals surface area contributed by atoms with Crippen molar-refractivity contribution in [2.75, 3.05) is 13.7 Å². The maximum atomic E-state index is 14.1. The van der Waals surface area contributed by atoms with Crippen LogP contribution in [0.15, 0.2) is 34.9 Å². The highest BCUT2D eigenvalue weighted by Gasteiger charge is 2.55. The minimum absolute atomic E-state index is 0.344. The van der Waals surface area contributed by atoms with Crippen molar-refractivity contribution in [2.24, 2.45) is 0 Å². The second-order valence-electron chi connectivity index (χ2n) is 5.76. The summed E-state index contributed by atoms with van der Waals surface area (Å²) in [5.74, 6) is -1.36. The molecule has 2 aliphatic rings. The van der Waals surface area contributed by atoms with E-state index in [1.807, 2.05) is 0 Å². The molecule has 3 heterocycles. The lowest BCUT2D eigenvalue weighted by molar-refractivity contribution is 0.0171. The van der Waals surface area contributed by atoms with Crippen molar-refractivity contribution in [2.45, 2.75) is 17.9 Å². The molecule has 120 valence electrons. The van der Waals surface area contributed by atoms with Crippen molar-refractivity contribution in [1.29, 1.82) is 0 Å². The fourth-order valence-electron chi connectivity index (χ4n) is 3.30. The van der Waals surface area contributed by atoms with Crippen molar-refractivity contribution >= 4 is 15.9 Å². The van der Waals surface area contributed by atoms with Crippen LogP contribution in [0.4, 0.5) is 8.78 Å². The molecule has 1 aromatic carbocycles. The van der Waals surface area contributed by atoms with Crippen molar-refractivity contribution in [3.63, 3.8) is 0 Å². The van der Waals surface area contributed by atoms with Gasteiger partial charge in [-0.15, -0.1) is 0 Å². The highest BCUT2D eigenvalue weighted by atomic mass is 79.9. The van der Waals surface area contributed by atoms with E-state index in [4.69, 9.17) is 9.47 Å². The Balaban J connectivity index is 1.98. The zero-order valence-electron chi connectivity index (χ0n) is 12.2. The Bertz CT molecular complexity index is 800. The number of alkyl halides is 2. The molecular formula is C16H13BrF2N2O2. The second kappa shape index (κ2) is 4.88. The number of hydrogen-bond donors (Lipinski definition) is 1. The predicted molar refractivity (Wildman–Crippen MR) is 83.4 cm³/mol. The van der Waals surface area contributed by atoms with E-state index in [0.717, 1.165) is 0 Å². The number of hydrogen-bond acceptors (Lipinski definition) is 4. The standard InChI is InChI=1S/C16H13BrF2N2O2/c1-22-10-2-3-13-11(5-10)16(7-15(18,19)8-21-16)12-4-9(17)6-20-14(12)23-13/h2-6,21H,7-8H2,1H3. The molecule has 1 N–H and O–H groups in total. The van der Waals surface area contributed by atoms with Crippen molar-refractivity contribution < 1.29 is 18.3 Å². The van der Waals surface area contributed by atoms with Crippen LogP contribution in [-0.4, -0.2) is 24.6 Å². The van der Waals surface area contributed by atoms with Crippen LogP contribution in [0.5, 0.6) is 17.4 Å². The van der Waals surface area contributed by atoms with Crippen LogP contribution < -0.4 is 14.8 Å². The van der Waals surface area contributed by atoms with Crippen LogP contribution >= 0.6 is 15.9 Å². The van der Waals surface area contributed by atoms with Gasteiger partial charge in [-0.3, -0.25) is 5.32 Å². The number of aromatic nitrogens is 1. The largest absolute Gasteiger partial charge is 0.497 e. The lowest BCUT2D eigenvalue weighted by atomic mass is 9.79. The number of methoxy groups -OCH3 is 1. The molecule has 7 heteroatoms. The molecule has 4 nitrogen and oxygen atoms in total. The molecule has 1 spiro atoms. The number of halogens is 3. The molecule has 0 aliphatic carbocycles. The summed E-state index contributed by atoms with van der Waals surface area (Å²) in [4.78, 5) is 4.24. The molecule has 1 atom stereocenters. The van der Waals surface area contributed by atoms with Crippen LogP contribution in [0.2, 0.25) is 0 Å². The SMILES string of the molecule is COc1ccc2c(c1)C1(CC(F)(F)CN1)c1cc(Br)cnc1O2. The van der Waals surface area contributed by atoms with Gasteiger partial charge >= 0.3 is 0 Å². The van der Waals surface area contributed by atoms with E-state index in [2.05, 4.69) is 26.2 Å². The number of benzene rings is 1. The molecule has 4 rings (SSSR count). The molecule has 1 fully saturated rings. The number of nitrogens with one attached hydrogen (secondary N) is 1. The van der Waals surface area contributed by atoms with Gasteiger partial charge < -0.3 is 9.47 Å². The summed E-state index contributed by atoms with van der Waals surface area (Å²) in [7, 11) is 1.54. The quantitative estimate of drug-likeness (QED) is 0.813. The first-order valence-electron chi connectivity index (χ1n) is 7.09. The molecule has 2 aromatic rings. The monoisotopic (exact) mass is 382 g/mol. The summed E-state index contributed by atoms with van der Waals surface area (Å²) in [5, 5.41) is 3.01. The smallest absolute Gasteiger partial charge is 0.262 e. The van der Waals surface area contributed by atoms with E-state index < -0.39 is 18.0 Å². The van der Waals surface area contributed by atoms with Crippen molar-refractivity contribution in [3.8, 4) is 17.4 Å². The summed E-state index contributed by atoms with van der Waals surface area (Å²) in [6.45, 7) is -0.393. The van der Waals surface area contributed by atoms with E-state index in [1.54, 1.807) is 37.6 Å². The Labute approximate surface area is 139 Å². The molecule has 23 heavy (non-hydrogen) atoms. The summed E-state index contributed by atoms with van der Waals surface area (Å²) in [6.07, 6.45) is 1.24. The summed E-state index contributed by atoms with van der Waals surface area (Å²) in [6, 6.07) is 6.98. The fraction of sp³-hybridized carbons (Fsp3) is 0.312. The van der Waals surface area contributed by atoms with E-state index >= 15 is 0 Å². The Kier molecular flexibility index (Phi) is 3.15. The summed E-state index contributed by atoms with van der Waals surface area (Å²) < 4.78 is 39.9. The number of rotatable bonds is 1. The second-order valence-corrected chi connectivity index (χ2v) is 6.68. The third kappa shape index (κ3) is 2.21. The zero-order chi connectivity index (χ0) is 16.2. The molecule has 0 bridgehead atoms. The van der Waals surface area contributed by atoms with E-state index in [0.29, 0.717) is 33.0 Å². The maximum absolute atomic E-state index is 14.1. The molecule has 2 aliphatic heterocycles. The molecule has 0 saturated carbocycles. The van der Waals surface area contributed by atoms with E-state index in [9.17, 15) is 8.78 Å². The molecule has 1 aromatic heterocycles. The van der Waals surface area contributed by atoms with Gasteiger partial charge in [0.2, 0.25) is 5.88 Å². The lowest BCUT2D eigenvalue weighted by Crippen LogP contribution is -2.40. The van der Waals surface area contributed by atoms with Gasteiger partial charge in [0.15, 0.2) is 0 Å². The molecule has 0 radical (unpaired) electrons. The minimum Gasteiger partial charge on any atom is -0.497 e. The number of ether oxygens (including phenoxy) is 2. The van der Waals surface area contributed by atoms with Gasteiger partial charge in [-0.05, 0) is 40.2 Å². The first-order chi connectivity index (χ1) is 10.9. The van der Waals surface area contributed by atoms with Crippen LogP contribution in [-0.2, 0) is 5.54 Å².